The molecule has 0 spiro atoms. The lowest BCUT2D eigenvalue weighted by Crippen LogP contribution is -2.33. The monoisotopic (exact) mass is 266 g/mol. The van der Waals surface area contributed by atoms with Crippen LogP contribution in [-0.4, -0.2) is 46.6 Å². The van der Waals surface area contributed by atoms with E-state index in [1.807, 2.05) is 0 Å². The van der Waals surface area contributed by atoms with Gasteiger partial charge in [0.15, 0.2) is 6.61 Å². The second kappa shape index (κ2) is 5.66. The Morgan fingerprint density at radius 2 is 2.16 bits per heavy atom. The highest BCUT2D eigenvalue weighted by Crippen LogP contribution is 2.17. The molecule has 1 aromatic carbocycles. The number of hydrogen-bond acceptors (Lipinski definition) is 5. The molecule has 1 heterocycles. The van der Waals surface area contributed by atoms with Crippen LogP contribution in [0.15, 0.2) is 24.3 Å². The molecule has 102 valence electrons. The summed E-state index contributed by atoms with van der Waals surface area (Å²) in [6, 6.07) is 5.54. The smallest absolute Gasteiger partial charge is 0.269 e. The van der Waals surface area contributed by atoms with Gasteiger partial charge >= 0.3 is 0 Å². The lowest BCUT2D eigenvalue weighted by molar-refractivity contribution is -0.384. The Kier molecular flexibility index (Phi) is 3.96. The maximum Gasteiger partial charge on any atom is 0.269 e. The fourth-order valence-corrected chi connectivity index (χ4v) is 1.87. The van der Waals surface area contributed by atoms with E-state index in [0.717, 1.165) is 0 Å². The number of aliphatic hydroxyl groups excluding tert-OH is 1. The number of β-amino-alcohol motifs (C(OH)–C–C–N with tert-alkyl or cyclic N) is 1. The highest BCUT2D eigenvalue weighted by Gasteiger charge is 2.24. The number of rotatable bonds is 4. The summed E-state index contributed by atoms with van der Waals surface area (Å²) in [5.74, 6) is 0.202. The van der Waals surface area contributed by atoms with Gasteiger partial charge in [0.05, 0.1) is 11.0 Å². The predicted octanol–water partition coefficient (Wildman–Crippen LogP) is 0.567. The Bertz CT molecular complexity index is 474. The summed E-state index contributed by atoms with van der Waals surface area (Å²) >= 11 is 0. The maximum atomic E-state index is 11.7. The average molecular weight is 266 g/mol. The quantitative estimate of drug-likeness (QED) is 0.635. The maximum absolute atomic E-state index is 11.7. The van der Waals surface area contributed by atoms with Crippen LogP contribution in [0, 0.1) is 10.1 Å². The molecule has 1 aromatic rings. The lowest BCUT2D eigenvalue weighted by Gasteiger charge is -2.15. The number of likely N-dealkylation sites (tertiary alicyclic amines) is 1. The molecule has 0 unspecified atom stereocenters. The number of carbonyl (C=O) groups excluding carboxylic acids is 1. The van der Waals surface area contributed by atoms with Crippen LogP contribution in [0.5, 0.6) is 5.75 Å². The molecule has 7 nitrogen and oxygen atoms in total. The van der Waals surface area contributed by atoms with Gasteiger partial charge in [0.2, 0.25) is 0 Å². The normalized spacial score (nSPS) is 18.4. The Balaban J connectivity index is 1.85. The third kappa shape index (κ3) is 3.41. The molecule has 7 heteroatoms. The van der Waals surface area contributed by atoms with E-state index in [1.54, 1.807) is 0 Å². The zero-order chi connectivity index (χ0) is 13.8. The third-order valence-corrected chi connectivity index (χ3v) is 2.93. The highest BCUT2D eigenvalue weighted by atomic mass is 16.6. The fraction of sp³-hybridized carbons (Fsp3) is 0.417. The SMILES string of the molecule is O=C(COc1ccc([N+](=O)[O-])cc1)N1CC[C@@H](O)C1. The van der Waals surface area contributed by atoms with E-state index in [0.29, 0.717) is 25.3 Å². The van der Waals surface area contributed by atoms with Crippen molar-refractivity contribution in [3.63, 3.8) is 0 Å². The van der Waals surface area contributed by atoms with E-state index >= 15 is 0 Å². The summed E-state index contributed by atoms with van der Waals surface area (Å²) in [7, 11) is 0. The van der Waals surface area contributed by atoms with Crippen molar-refractivity contribution in [2.24, 2.45) is 0 Å². The van der Waals surface area contributed by atoms with E-state index in [4.69, 9.17) is 4.74 Å². The highest BCUT2D eigenvalue weighted by molar-refractivity contribution is 5.78. The van der Waals surface area contributed by atoms with Gasteiger partial charge in [0.1, 0.15) is 5.75 Å². The summed E-state index contributed by atoms with van der Waals surface area (Å²) in [4.78, 5) is 23.2. The number of nitrogens with zero attached hydrogens (tertiary/aromatic N) is 2. The number of ether oxygens (including phenoxy) is 1. The number of non-ortho nitro benzene ring substituents is 1. The van der Waals surface area contributed by atoms with Gasteiger partial charge in [0.25, 0.3) is 11.6 Å². The predicted molar refractivity (Wildman–Crippen MR) is 65.8 cm³/mol. The first-order valence-corrected chi connectivity index (χ1v) is 5.89. The van der Waals surface area contributed by atoms with Crippen LogP contribution >= 0.6 is 0 Å². The minimum atomic E-state index is -0.499. The minimum Gasteiger partial charge on any atom is -0.484 e. The number of amides is 1. The molecule has 0 radical (unpaired) electrons. The van der Waals surface area contributed by atoms with Crippen LogP contribution in [0.25, 0.3) is 0 Å². The summed E-state index contributed by atoms with van der Waals surface area (Å²) in [6.45, 7) is 0.733. The molecular formula is C12H14N2O5. The second-order valence-electron chi connectivity index (χ2n) is 4.32. The molecule has 1 amide bonds. The van der Waals surface area contributed by atoms with E-state index < -0.39 is 11.0 Å². The molecule has 1 atom stereocenters. The molecular weight excluding hydrogens is 252 g/mol. The van der Waals surface area contributed by atoms with Crippen molar-refractivity contribution < 1.29 is 19.6 Å². The van der Waals surface area contributed by atoms with Crippen molar-refractivity contribution >= 4 is 11.6 Å². The van der Waals surface area contributed by atoms with Gasteiger partial charge < -0.3 is 14.7 Å². The Labute approximate surface area is 109 Å². The number of aliphatic hydroxyl groups is 1. The molecule has 0 aromatic heterocycles. The van der Waals surface area contributed by atoms with E-state index in [-0.39, 0.29) is 18.2 Å². The van der Waals surface area contributed by atoms with Crippen molar-refractivity contribution in [3.8, 4) is 5.75 Å². The summed E-state index contributed by atoms with van der Waals surface area (Å²) < 4.78 is 5.25. The molecule has 1 aliphatic rings. The number of benzene rings is 1. The van der Waals surface area contributed by atoms with Crippen LogP contribution < -0.4 is 4.74 Å². The summed E-state index contributed by atoms with van der Waals surface area (Å²) in [5.41, 5.74) is -0.0265. The first-order valence-electron chi connectivity index (χ1n) is 5.89. The van der Waals surface area contributed by atoms with E-state index in [9.17, 15) is 20.0 Å². The molecule has 1 saturated heterocycles. The van der Waals surface area contributed by atoms with Crippen molar-refractivity contribution in [2.45, 2.75) is 12.5 Å². The first-order chi connectivity index (χ1) is 9.06. The first kappa shape index (κ1) is 13.3. The number of nitro benzene ring substituents is 1. The van der Waals surface area contributed by atoms with Gasteiger partial charge in [-0.05, 0) is 18.6 Å². The zero-order valence-electron chi connectivity index (χ0n) is 10.2. The standard InChI is InChI=1S/C12H14N2O5/c15-10-5-6-13(7-10)12(16)8-19-11-3-1-9(2-4-11)14(17)18/h1-4,10,15H,5-8H2/t10-/m1/s1. The van der Waals surface area contributed by atoms with Gasteiger partial charge in [-0.15, -0.1) is 0 Å². The lowest BCUT2D eigenvalue weighted by atomic mass is 10.3. The van der Waals surface area contributed by atoms with Gasteiger partial charge in [-0.25, -0.2) is 0 Å². The van der Waals surface area contributed by atoms with Crippen LogP contribution in [0.3, 0.4) is 0 Å². The Hall–Kier alpha value is -2.15. The van der Waals surface area contributed by atoms with Gasteiger partial charge in [-0.2, -0.15) is 0 Å². The fourth-order valence-electron chi connectivity index (χ4n) is 1.87. The van der Waals surface area contributed by atoms with Crippen molar-refractivity contribution in [3.05, 3.63) is 34.4 Å². The van der Waals surface area contributed by atoms with Crippen molar-refractivity contribution in [2.75, 3.05) is 19.7 Å². The molecule has 0 saturated carbocycles. The van der Waals surface area contributed by atoms with Gasteiger partial charge in [-0.3, -0.25) is 14.9 Å². The van der Waals surface area contributed by atoms with Crippen LogP contribution in [0.4, 0.5) is 5.69 Å². The largest absolute Gasteiger partial charge is 0.484 e. The topological polar surface area (TPSA) is 92.9 Å². The molecule has 1 aliphatic heterocycles. The van der Waals surface area contributed by atoms with Crippen LogP contribution in [-0.2, 0) is 4.79 Å². The second-order valence-corrected chi connectivity index (χ2v) is 4.32. The molecule has 2 rings (SSSR count). The third-order valence-electron chi connectivity index (χ3n) is 2.93. The zero-order valence-corrected chi connectivity index (χ0v) is 10.2. The Morgan fingerprint density at radius 1 is 1.47 bits per heavy atom. The van der Waals surface area contributed by atoms with Gasteiger partial charge in [0, 0.05) is 25.2 Å². The minimum absolute atomic E-state index is 0.0265. The van der Waals surface area contributed by atoms with Crippen molar-refractivity contribution in [1.82, 2.24) is 4.90 Å². The number of nitro groups is 1. The van der Waals surface area contributed by atoms with Gasteiger partial charge in [-0.1, -0.05) is 0 Å². The molecule has 0 aliphatic carbocycles. The van der Waals surface area contributed by atoms with Crippen molar-refractivity contribution in [1.29, 1.82) is 0 Å². The van der Waals surface area contributed by atoms with Crippen LogP contribution in [0.1, 0.15) is 6.42 Å². The molecule has 19 heavy (non-hydrogen) atoms. The molecule has 0 bridgehead atoms. The van der Waals surface area contributed by atoms with Crippen LogP contribution in [0.2, 0.25) is 0 Å². The van der Waals surface area contributed by atoms with E-state index in [2.05, 4.69) is 0 Å². The average Bonchev–Trinajstić information content (AvgIpc) is 2.83. The summed E-state index contributed by atoms with van der Waals surface area (Å²) in [5, 5.41) is 19.8. The van der Waals surface area contributed by atoms with E-state index in [1.165, 1.54) is 29.2 Å². The summed E-state index contributed by atoms with van der Waals surface area (Å²) in [6.07, 6.45) is 0.131. The number of carbonyl (C=O) groups is 1. The Morgan fingerprint density at radius 3 is 2.68 bits per heavy atom. The molecule has 1 N–H and O–H groups in total. The molecule has 1 fully saturated rings. The number of hydrogen-bond donors (Lipinski definition) is 1.